The molecular formula is C15H13Cl2N5OS2. The third-order valence-electron chi connectivity index (χ3n) is 3.13. The van der Waals surface area contributed by atoms with Gasteiger partial charge in [0.05, 0.1) is 21.5 Å². The molecule has 3 heterocycles. The first-order chi connectivity index (χ1) is 12.0. The van der Waals surface area contributed by atoms with E-state index in [0.717, 1.165) is 5.82 Å². The van der Waals surface area contributed by atoms with Crippen molar-refractivity contribution in [2.24, 2.45) is 0 Å². The highest BCUT2D eigenvalue weighted by atomic mass is 35.5. The van der Waals surface area contributed by atoms with Crippen molar-refractivity contribution < 1.29 is 4.79 Å². The fourth-order valence-electron chi connectivity index (χ4n) is 1.94. The highest BCUT2D eigenvalue weighted by Crippen LogP contribution is 2.26. The number of pyridine rings is 1. The maximum Gasteiger partial charge on any atom is 0.236 e. The van der Waals surface area contributed by atoms with E-state index in [9.17, 15) is 4.79 Å². The Labute approximate surface area is 162 Å². The Morgan fingerprint density at radius 1 is 1.36 bits per heavy atom. The van der Waals surface area contributed by atoms with E-state index in [1.54, 1.807) is 24.3 Å². The number of amides is 1. The van der Waals surface area contributed by atoms with Gasteiger partial charge in [-0.3, -0.25) is 9.89 Å². The van der Waals surface area contributed by atoms with Crippen molar-refractivity contribution in [3.8, 4) is 0 Å². The standard InChI is InChI=1S/C15H13Cl2N5OS2/c1-8-10(16)6-11(17)14(18-8)20-13(23)7-25-15-19-12(21-22-15)5-9-3-2-4-24-9/h2-4,6H,5,7H2,1H3,(H,18,20,23)(H,19,21,22). The van der Waals surface area contributed by atoms with Crippen LogP contribution in [-0.2, 0) is 11.2 Å². The van der Waals surface area contributed by atoms with Crippen molar-refractivity contribution in [2.75, 3.05) is 11.1 Å². The number of nitrogens with zero attached hydrogens (tertiary/aromatic N) is 3. The third-order valence-corrected chi connectivity index (χ3v) is 5.52. The molecule has 0 bridgehead atoms. The van der Waals surface area contributed by atoms with Crippen LogP contribution in [0.1, 0.15) is 16.4 Å². The molecule has 10 heteroatoms. The van der Waals surface area contributed by atoms with Crippen molar-refractivity contribution in [1.29, 1.82) is 0 Å². The number of carbonyl (C=O) groups excluding carboxylic acids is 1. The lowest BCUT2D eigenvalue weighted by Gasteiger charge is -2.07. The van der Waals surface area contributed by atoms with E-state index >= 15 is 0 Å². The second kappa shape index (κ2) is 8.18. The average Bonchev–Trinajstić information content (AvgIpc) is 3.23. The van der Waals surface area contributed by atoms with Crippen LogP contribution >= 0.6 is 46.3 Å². The molecule has 6 nitrogen and oxygen atoms in total. The molecule has 130 valence electrons. The number of aromatic amines is 1. The van der Waals surface area contributed by atoms with Crippen molar-refractivity contribution in [1.82, 2.24) is 20.2 Å². The maximum absolute atomic E-state index is 12.1. The highest BCUT2D eigenvalue weighted by Gasteiger charge is 2.12. The zero-order valence-corrected chi connectivity index (χ0v) is 16.2. The molecule has 0 aliphatic heterocycles. The Hall–Kier alpha value is -1.61. The van der Waals surface area contributed by atoms with Gasteiger partial charge in [0.25, 0.3) is 0 Å². The van der Waals surface area contributed by atoms with Crippen LogP contribution in [0.2, 0.25) is 10.0 Å². The Bertz CT molecular complexity index is 882. The summed E-state index contributed by atoms with van der Waals surface area (Å²) in [7, 11) is 0. The summed E-state index contributed by atoms with van der Waals surface area (Å²) in [5, 5.41) is 13.0. The zero-order chi connectivity index (χ0) is 17.8. The summed E-state index contributed by atoms with van der Waals surface area (Å²) in [4.78, 5) is 21.8. The van der Waals surface area contributed by atoms with Crippen LogP contribution in [0.4, 0.5) is 5.82 Å². The zero-order valence-electron chi connectivity index (χ0n) is 13.0. The molecule has 1 amide bonds. The van der Waals surface area contributed by atoms with Gasteiger partial charge in [-0.2, -0.15) is 0 Å². The van der Waals surface area contributed by atoms with Crippen molar-refractivity contribution in [2.45, 2.75) is 18.5 Å². The molecular weight excluding hydrogens is 401 g/mol. The van der Waals surface area contributed by atoms with Gasteiger partial charge in [-0.15, -0.1) is 16.4 Å². The van der Waals surface area contributed by atoms with Gasteiger partial charge in [-0.1, -0.05) is 41.0 Å². The van der Waals surface area contributed by atoms with Gasteiger partial charge < -0.3 is 5.32 Å². The number of rotatable bonds is 6. The van der Waals surface area contributed by atoms with Gasteiger partial charge in [0, 0.05) is 11.3 Å². The number of aromatic nitrogens is 4. The first kappa shape index (κ1) is 18.2. The van der Waals surface area contributed by atoms with Gasteiger partial charge in [0.2, 0.25) is 11.1 Å². The van der Waals surface area contributed by atoms with E-state index in [1.165, 1.54) is 16.6 Å². The second-order valence-electron chi connectivity index (χ2n) is 5.04. The Morgan fingerprint density at radius 3 is 2.96 bits per heavy atom. The minimum Gasteiger partial charge on any atom is -0.309 e. The lowest BCUT2D eigenvalue weighted by atomic mass is 10.3. The van der Waals surface area contributed by atoms with Crippen LogP contribution in [0.3, 0.4) is 0 Å². The molecule has 0 spiro atoms. The number of anilines is 1. The topological polar surface area (TPSA) is 83.6 Å². The van der Waals surface area contributed by atoms with Gasteiger partial charge in [0.15, 0.2) is 5.82 Å². The Kier molecular flexibility index (Phi) is 5.95. The molecule has 3 aromatic rings. The highest BCUT2D eigenvalue weighted by molar-refractivity contribution is 7.99. The smallest absolute Gasteiger partial charge is 0.236 e. The van der Waals surface area contributed by atoms with Crippen molar-refractivity contribution in [3.05, 3.63) is 50.0 Å². The lowest BCUT2D eigenvalue weighted by molar-refractivity contribution is -0.113. The van der Waals surface area contributed by atoms with Gasteiger partial charge >= 0.3 is 0 Å². The second-order valence-corrected chi connectivity index (χ2v) is 7.83. The Balaban J connectivity index is 1.54. The minimum atomic E-state index is -0.245. The summed E-state index contributed by atoms with van der Waals surface area (Å²) in [5.41, 5.74) is 0.598. The number of hydrogen-bond acceptors (Lipinski definition) is 6. The summed E-state index contributed by atoms with van der Waals surface area (Å²) in [6, 6.07) is 5.59. The number of nitrogens with one attached hydrogen (secondary N) is 2. The average molecular weight is 414 g/mol. The van der Waals surface area contributed by atoms with Crippen LogP contribution in [0.15, 0.2) is 28.7 Å². The molecule has 0 saturated heterocycles. The van der Waals surface area contributed by atoms with E-state index in [-0.39, 0.29) is 11.7 Å². The number of H-pyrrole nitrogens is 1. The normalized spacial score (nSPS) is 10.8. The van der Waals surface area contributed by atoms with Crippen LogP contribution in [0.25, 0.3) is 0 Å². The predicted molar refractivity (Wildman–Crippen MR) is 102 cm³/mol. The molecule has 0 radical (unpaired) electrons. The number of halogens is 2. The Morgan fingerprint density at radius 2 is 2.20 bits per heavy atom. The maximum atomic E-state index is 12.1. The first-order valence-corrected chi connectivity index (χ1v) is 9.82. The lowest BCUT2D eigenvalue weighted by Crippen LogP contribution is -2.15. The van der Waals surface area contributed by atoms with E-state index in [2.05, 4.69) is 25.5 Å². The molecule has 0 unspecified atom stereocenters. The van der Waals surface area contributed by atoms with Gasteiger partial charge in [0.1, 0.15) is 5.82 Å². The largest absolute Gasteiger partial charge is 0.309 e. The number of thiophene rings is 1. The summed E-state index contributed by atoms with van der Waals surface area (Å²) in [5.74, 6) is 0.965. The first-order valence-electron chi connectivity index (χ1n) is 7.20. The molecule has 0 saturated carbocycles. The van der Waals surface area contributed by atoms with Crippen LogP contribution < -0.4 is 5.32 Å². The van der Waals surface area contributed by atoms with E-state index in [1.807, 2.05) is 17.5 Å². The predicted octanol–water partition coefficient (Wildman–Crippen LogP) is 4.20. The van der Waals surface area contributed by atoms with E-state index in [4.69, 9.17) is 23.2 Å². The summed E-state index contributed by atoms with van der Waals surface area (Å²) < 4.78 is 0. The van der Waals surface area contributed by atoms with Crippen LogP contribution in [-0.4, -0.2) is 31.8 Å². The summed E-state index contributed by atoms with van der Waals surface area (Å²) in [6.45, 7) is 1.74. The van der Waals surface area contributed by atoms with Crippen LogP contribution in [0.5, 0.6) is 0 Å². The fourth-order valence-corrected chi connectivity index (χ4v) is 3.68. The molecule has 0 atom stereocenters. The van der Waals surface area contributed by atoms with Gasteiger partial charge in [-0.05, 0) is 24.4 Å². The number of hydrogen-bond donors (Lipinski definition) is 2. The van der Waals surface area contributed by atoms with Gasteiger partial charge in [-0.25, -0.2) is 9.97 Å². The fraction of sp³-hybridized carbons (Fsp3) is 0.200. The molecule has 2 N–H and O–H groups in total. The molecule has 3 rings (SSSR count). The van der Waals surface area contributed by atoms with Crippen molar-refractivity contribution in [3.63, 3.8) is 0 Å². The van der Waals surface area contributed by atoms with Crippen LogP contribution in [0, 0.1) is 6.92 Å². The monoisotopic (exact) mass is 413 g/mol. The SMILES string of the molecule is Cc1nc(NC(=O)CSc2n[nH]c(Cc3cccs3)n2)c(Cl)cc1Cl. The molecule has 0 aromatic carbocycles. The molecule has 0 fully saturated rings. The third kappa shape index (κ3) is 4.94. The molecule has 25 heavy (non-hydrogen) atoms. The number of aryl methyl sites for hydroxylation is 1. The minimum absolute atomic E-state index is 0.149. The molecule has 0 aliphatic carbocycles. The van der Waals surface area contributed by atoms with E-state index < -0.39 is 0 Å². The molecule has 0 aliphatic rings. The van der Waals surface area contributed by atoms with E-state index in [0.29, 0.717) is 33.1 Å². The summed E-state index contributed by atoms with van der Waals surface area (Å²) >= 11 is 14.9. The number of thioether (sulfide) groups is 1. The van der Waals surface area contributed by atoms with Crippen molar-refractivity contribution >= 4 is 58.0 Å². The molecule has 3 aromatic heterocycles. The summed E-state index contributed by atoms with van der Waals surface area (Å²) in [6.07, 6.45) is 0.695. The quantitative estimate of drug-likeness (QED) is 0.591. The number of carbonyl (C=O) groups is 1.